The lowest BCUT2D eigenvalue weighted by atomic mass is 10.2. The van der Waals surface area contributed by atoms with Crippen molar-refractivity contribution >= 4 is 28.7 Å². The third-order valence-electron chi connectivity index (χ3n) is 2.87. The highest BCUT2D eigenvalue weighted by molar-refractivity contribution is 6.06. The van der Waals surface area contributed by atoms with E-state index in [9.17, 15) is 9.59 Å². The number of urea groups is 1. The van der Waals surface area contributed by atoms with E-state index in [-0.39, 0.29) is 6.03 Å². The van der Waals surface area contributed by atoms with Crippen LogP contribution in [0.4, 0.5) is 10.5 Å². The number of nitrogens with one attached hydrogen (secondary N) is 2. The van der Waals surface area contributed by atoms with Gasteiger partial charge in [-0.25, -0.2) is 9.78 Å². The van der Waals surface area contributed by atoms with Crippen molar-refractivity contribution < 1.29 is 9.59 Å². The van der Waals surface area contributed by atoms with Crippen molar-refractivity contribution in [2.24, 2.45) is 12.8 Å². The zero-order valence-electron chi connectivity index (χ0n) is 11.4. The molecule has 7 heteroatoms. The Morgan fingerprint density at radius 2 is 2.20 bits per heavy atom. The Morgan fingerprint density at radius 3 is 2.85 bits per heavy atom. The number of rotatable bonds is 4. The zero-order chi connectivity index (χ0) is 14.7. The summed E-state index contributed by atoms with van der Waals surface area (Å²) in [4.78, 5) is 27.2. The zero-order valence-corrected chi connectivity index (χ0v) is 11.4. The molecule has 2 heterocycles. The van der Waals surface area contributed by atoms with Crippen molar-refractivity contribution in [3.8, 4) is 0 Å². The van der Waals surface area contributed by atoms with E-state index in [4.69, 9.17) is 5.73 Å². The third-order valence-corrected chi connectivity index (χ3v) is 2.87. The van der Waals surface area contributed by atoms with E-state index in [0.29, 0.717) is 28.8 Å². The van der Waals surface area contributed by atoms with Crippen LogP contribution in [0.3, 0.4) is 0 Å². The van der Waals surface area contributed by atoms with Crippen LogP contribution in [-0.2, 0) is 7.05 Å². The predicted octanol–water partition coefficient (Wildman–Crippen LogP) is 1.20. The Hall–Kier alpha value is -2.57. The van der Waals surface area contributed by atoms with Gasteiger partial charge in [0.15, 0.2) is 0 Å². The molecule has 3 amide bonds. The Bertz CT molecular complexity index is 662. The van der Waals surface area contributed by atoms with E-state index in [0.717, 1.165) is 6.42 Å². The van der Waals surface area contributed by atoms with Crippen LogP contribution in [0.1, 0.15) is 23.7 Å². The van der Waals surface area contributed by atoms with Gasteiger partial charge in [0.2, 0.25) is 0 Å². The summed E-state index contributed by atoms with van der Waals surface area (Å²) in [6.45, 7) is 2.57. The number of amides is 3. The molecule has 2 aromatic rings. The first kappa shape index (κ1) is 13.9. The van der Waals surface area contributed by atoms with Gasteiger partial charge < -0.3 is 20.9 Å². The molecule has 0 atom stereocenters. The highest BCUT2D eigenvalue weighted by Crippen LogP contribution is 2.21. The first-order valence-corrected chi connectivity index (χ1v) is 6.32. The second-order valence-electron chi connectivity index (χ2n) is 4.49. The number of anilines is 1. The molecule has 106 valence electrons. The molecule has 0 saturated carbocycles. The van der Waals surface area contributed by atoms with Gasteiger partial charge in [-0.15, -0.1) is 0 Å². The largest absolute Gasteiger partial charge is 0.366 e. The van der Waals surface area contributed by atoms with Crippen LogP contribution in [0.5, 0.6) is 0 Å². The van der Waals surface area contributed by atoms with E-state index in [1.807, 2.05) is 6.92 Å². The number of hydrogen-bond acceptors (Lipinski definition) is 3. The number of aromatic nitrogens is 2. The Balaban J connectivity index is 2.30. The second-order valence-corrected chi connectivity index (χ2v) is 4.49. The smallest absolute Gasteiger partial charge is 0.319 e. The van der Waals surface area contributed by atoms with Crippen LogP contribution >= 0.6 is 0 Å². The predicted molar refractivity (Wildman–Crippen MR) is 76.5 cm³/mol. The average Bonchev–Trinajstić information content (AvgIpc) is 2.73. The summed E-state index contributed by atoms with van der Waals surface area (Å²) >= 11 is 0. The van der Waals surface area contributed by atoms with Crippen LogP contribution < -0.4 is 16.4 Å². The minimum absolute atomic E-state index is 0.301. The van der Waals surface area contributed by atoms with E-state index in [1.54, 1.807) is 30.1 Å². The van der Waals surface area contributed by atoms with Gasteiger partial charge in [0.05, 0.1) is 17.4 Å². The molecule has 0 radical (unpaired) electrons. The number of carbonyl (C=O) groups is 2. The lowest BCUT2D eigenvalue weighted by Crippen LogP contribution is -2.29. The number of nitrogens with zero attached hydrogens (tertiary/aromatic N) is 2. The van der Waals surface area contributed by atoms with Crippen molar-refractivity contribution in [1.82, 2.24) is 14.9 Å². The number of hydrogen-bond donors (Lipinski definition) is 3. The van der Waals surface area contributed by atoms with Crippen LogP contribution in [-0.4, -0.2) is 28.0 Å². The van der Waals surface area contributed by atoms with Crippen molar-refractivity contribution in [1.29, 1.82) is 0 Å². The lowest BCUT2D eigenvalue weighted by molar-refractivity contribution is 0.100. The minimum atomic E-state index is -0.523. The molecule has 0 aliphatic heterocycles. The van der Waals surface area contributed by atoms with E-state index >= 15 is 0 Å². The summed E-state index contributed by atoms with van der Waals surface area (Å²) in [5, 5.41) is 5.99. The normalized spacial score (nSPS) is 10.5. The lowest BCUT2D eigenvalue weighted by Gasteiger charge is -2.06. The van der Waals surface area contributed by atoms with Crippen LogP contribution in [0.2, 0.25) is 0 Å². The quantitative estimate of drug-likeness (QED) is 0.781. The van der Waals surface area contributed by atoms with Crippen LogP contribution in [0.15, 0.2) is 18.5 Å². The monoisotopic (exact) mass is 275 g/mol. The fourth-order valence-corrected chi connectivity index (χ4v) is 1.94. The van der Waals surface area contributed by atoms with Crippen molar-refractivity contribution in [3.63, 3.8) is 0 Å². The SMILES string of the molecule is CCCNC(=O)Nc1cnc2c(c1)c(C(N)=O)cn2C. The van der Waals surface area contributed by atoms with Gasteiger partial charge in [-0.05, 0) is 12.5 Å². The van der Waals surface area contributed by atoms with Gasteiger partial charge in [0, 0.05) is 25.2 Å². The summed E-state index contributed by atoms with van der Waals surface area (Å²) < 4.78 is 1.72. The number of aryl methyl sites for hydroxylation is 1. The number of carbonyl (C=O) groups excluding carboxylic acids is 2. The summed E-state index contributed by atoms with van der Waals surface area (Å²) in [6, 6.07) is 1.39. The van der Waals surface area contributed by atoms with Gasteiger partial charge in [0.25, 0.3) is 5.91 Å². The second kappa shape index (κ2) is 5.60. The maximum atomic E-state index is 11.6. The topological polar surface area (TPSA) is 102 Å². The minimum Gasteiger partial charge on any atom is -0.366 e. The molecular weight excluding hydrogens is 258 g/mol. The van der Waals surface area contributed by atoms with Gasteiger partial charge in [-0.3, -0.25) is 4.79 Å². The summed E-state index contributed by atoms with van der Waals surface area (Å²) in [7, 11) is 1.78. The molecule has 7 nitrogen and oxygen atoms in total. The maximum absolute atomic E-state index is 11.6. The molecule has 0 bridgehead atoms. The van der Waals surface area contributed by atoms with Crippen molar-refractivity contribution in [2.45, 2.75) is 13.3 Å². The molecule has 0 aromatic carbocycles. The molecule has 2 rings (SSSR count). The number of pyridine rings is 1. The van der Waals surface area contributed by atoms with Gasteiger partial charge in [0.1, 0.15) is 5.65 Å². The Morgan fingerprint density at radius 1 is 1.45 bits per heavy atom. The fraction of sp³-hybridized carbons (Fsp3) is 0.308. The average molecular weight is 275 g/mol. The molecule has 0 unspecified atom stereocenters. The summed E-state index contributed by atoms with van der Waals surface area (Å²) in [6.07, 6.45) is 4.02. The first-order chi connectivity index (χ1) is 9.52. The Kier molecular flexibility index (Phi) is 3.88. The maximum Gasteiger partial charge on any atom is 0.319 e. The van der Waals surface area contributed by atoms with E-state index in [2.05, 4.69) is 15.6 Å². The summed E-state index contributed by atoms with van der Waals surface area (Å²) in [5.41, 5.74) is 6.86. The fourth-order valence-electron chi connectivity index (χ4n) is 1.94. The molecule has 2 aromatic heterocycles. The third kappa shape index (κ3) is 2.71. The highest BCUT2D eigenvalue weighted by Gasteiger charge is 2.13. The van der Waals surface area contributed by atoms with Crippen LogP contribution in [0, 0.1) is 0 Å². The van der Waals surface area contributed by atoms with Gasteiger partial charge in [-0.2, -0.15) is 0 Å². The standard InChI is InChI=1S/C13H17N5O2/c1-3-4-15-13(20)17-8-5-9-10(11(14)19)7-18(2)12(9)16-6-8/h5-7H,3-4H2,1-2H3,(H2,14,19)(H2,15,17,20). The number of fused-ring (bicyclic) bond motifs is 1. The molecule has 0 spiro atoms. The summed E-state index contributed by atoms with van der Waals surface area (Å²) in [5.74, 6) is -0.523. The van der Waals surface area contributed by atoms with Crippen molar-refractivity contribution in [2.75, 3.05) is 11.9 Å². The number of nitrogens with two attached hydrogens (primary N) is 1. The van der Waals surface area contributed by atoms with Crippen LogP contribution in [0.25, 0.3) is 11.0 Å². The molecule has 20 heavy (non-hydrogen) atoms. The van der Waals surface area contributed by atoms with Gasteiger partial charge in [-0.1, -0.05) is 6.92 Å². The molecule has 0 fully saturated rings. The molecule has 0 aliphatic carbocycles. The van der Waals surface area contributed by atoms with E-state index in [1.165, 1.54) is 0 Å². The van der Waals surface area contributed by atoms with E-state index < -0.39 is 5.91 Å². The molecule has 4 N–H and O–H groups in total. The first-order valence-electron chi connectivity index (χ1n) is 6.32. The molecular formula is C13H17N5O2. The number of primary amides is 1. The molecule has 0 aliphatic rings. The Labute approximate surface area is 116 Å². The van der Waals surface area contributed by atoms with Crippen molar-refractivity contribution in [3.05, 3.63) is 24.0 Å². The van der Waals surface area contributed by atoms with Gasteiger partial charge >= 0.3 is 6.03 Å². The molecule has 0 saturated heterocycles. The highest BCUT2D eigenvalue weighted by atomic mass is 16.2.